The van der Waals surface area contributed by atoms with Crippen molar-refractivity contribution in [2.75, 3.05) is 16.9 Å². The van der Waals surface area contributed by atoms with E-state index in [1.54, 1.807) is 36.4 Å². The second-order valence-corrected chi connectivity index (χ2v) is 5.98. The van der Waals surface area contributed by atoms with Crippen LogP contribution in [0.5, 0.6) is 0 Å². The predicted octanol–water partition coefficient (Wildman–Crippen LogP) is 3.15. The molecule has 2 aromatic carbocycles. The number of carboxylic acids is 1. The molecule has 2 aromatic rings. The van der Waals surface area contributed by atoms with Gasteiger partial charge in [0, 0.05) is 29.9 Å². The Morgan fingerprint density at radius 1 is 1.20 bits per heavy atom. The second kappa shape index (κ2) is 7.17. The van der Waals surface area contributed by atoms with E-state index in [1.807, 2.05) is 24.1 Å². The Balaban J connectivity index is 1.68. The molecule has 25 heavy (non-hydrogen) atoms. The number of hydrogen-bond donors (Lipinski definition) is 2. The van der Waals surface area contributed by atoms with Crippen LogP contribution in [0.1, 0.15) is 29.3 Å². The van der Waals surface area contributed by atoms with Crippen LogP contribution in [-0.4, -0.2) is 29.2 Å². The summed E-state index contributed by atoms with van der Waals surface area (Å²) in [6, 6.07) is 14.1. The molecule has 128 valence electrons. The number of carbonyl (C=O) groups is 2. The molecule has 0 radical (unpaired) electrons. The molecule has 0 fully saturated rings. The van der Waals surface area contributed by atoms with Gasteiger partial charge in [-0.2, -0.15) is 5.10 Å². The molecule has 0 saturated heterocycles. The number of hydrogen-bond acceptors (Lipinski definition) is 4. The van der Waals surface area contributed by atoms with Crippen molar-refractivity contribution >= 4 is 29.0 Å². The highest BCUT2D eigenvalue weighted by Gasteiger charge is 2.13. The smallest absolute Gasteiger partial charge is 0.307 e. The highest BCUT2D eigenvalue weighted by Crippen LogP contribution is 2.20. The summed E-state index contributed by atoms with van der Waals surface area (Å²) in [4.78, 5) is 23.1. The van der Waals surface area contributed by atoms with Gasteiger partial charge in [-0.05, 0) is 48.9 Å². The average Bonchev–Trinajstić information content (AvgIpc) is 3.01. The van der Waals surface area contributed by atoms with E-state index in [9.17, 15) is 9.59 Å². The van der Waals surface area contributed by atoms with E-state index in [1.165, 1.54) is 0 Å². The standard InChI is InChI=1S/C19H19N3O3/c1-13-9-10-22(21-13)17-7-5-15(6-8-17)19(25)20-16-4-2-3-14(11-16)12-18(23)24/h2-8,11H,9-10,12H2,1H3,(H,20,25)(H,23,24). The van der Waals surface area contributed by atoms with Gasteiger partial charge in [0.25, 0.3) is 5.91 Å². The number of aliphatic carboxylic acids is 1. The maximum absolute atomic E-state index is 12.4. The fraction of sp³-hybridized carbons (Fsp3) is 0.211. The number of carbonyl (C=O) groups excluding carboxylic acids is 1. The summed E-state index contributed by atoms with van der Waals surface area (Å²) >= 11 is 0. The van der Waals surface area contributed by atoms with E-state index in [0.29, 0.717) is 16.8 Å². The minimum atomic E-state index is -0.904. The van der Waals surface area contributed by atoms with Crippen molar-refractivity contribution in [1.82, 2.24) is 0 Å². The molecule has 0 unspecified atom stereocenters. The van der Waals surface area contributed by atoms with E-state index < -0.39 is 5.97 Å². The normalized spacial score (nSPS) is 13.5. The molecule has 1 amide bonds. The Morgan fingerprint density at radius 3 is 2.60 bits per heavy atom. The van der Waals surface area contributed by atoms with Gasteiger partial charge < -0.3 is 10.4 Å². The van der Waals surface area contributed by atoms with Crippen molar-refractivity contribution in [2.24, 2.45) is 5.10 Å². The van der Waals surface area contributed by atoms with E-state index >= 15 is 0 Å². The molecule has 6 heteroatoms. The third-order valence-corrected chi connectivity index (χ3v) is 3.94. The number of hydrazone groups is 1. The molecule has 0 bridgehead atoms. The van der Waals surface area contributed by atoms with Crippen molar-refractivity contribution in [3.05, 3.63) is 59.7 Å². The molecule has 2 N–H and O–H groups in total. The lowest BCUT2D eigenvalue weighted by Crippen LogP contribution is -2.14. The summed E-state index contributed by atoms with van der Waals surface area (Å²) in [6.45, 7) is 2.86. The lowest BCUT2D eigenvalue weighted by molar-refractivity contribution is -0.136. The summed E-state index contributed by atoms with van der Waals surface area (Å²) in [5.74, 6) is -1.14. The Hall–Kier alpha value is -3.15. The van der Waals surface area contributed by atoms with Gasteiger partial charge >= 0.3 is 5.97 Å². The van der Waals surface area contributed by atoms with Crippen LogP contribution in [0.15, 0.2) is 53.6 Å². The van der Waals surface area contributed by atoms with Crippen LogP contribution in [0.3, 0.4) is 0 Å². The third kappa shape index (κ3) is 4.23. The maximum atomic E-state index is 12.4. The van der Waals surface area contributed by atoms with Crippen LogP contribution in [0.4, 0.5) is 11.4 Å². The predicted molar refractivity (Wildman–Crippen MR) is 97.2 cm³/mol. The largest absolute Gasteiger partial charge is 0.481 e. The van der Waals surface area contributed by atoms with Gasteiger partial charge in [-0.25, -0.2) is 0 Å². The first-order valence-electron chi connectivity index (χ1n) is 8.05. The lowest BCUT2D eigenvalue weighted by atomic mass is 10.1. The van der Waals surface area contributed by atoms with Crippen molar-refractivity contribution in [3.63, 3.8) is 0 Å². The minimum Gasteiger partial charge on any atom is -0.481 e. The first kappa shape index (κ1) is 16.7. The van der Waals surface area contributed by atoms with Crippen molar-refractivity contribution in [2.45, 2.75) is 19.8 Å². The van der Waals surface area contributed by atoms with Gasteiger partial charge in [0.1, 0.15) is 0 Å². The molecule has 3 rings (SSSR count). The van der Waals surface area contributed by atoms with E-state index in [4.69, 9.17) is 5.11 Å². The molecule has 0 atom stereocenters. The van der Waals surface area contributed by atoms with E-state index in [-0.39, 0.29) is 12.3 Å². The first-order valence-corrected chi connectivity index (χ1v) is 8.05. The maximum Gasteiger partial charge on any atom is 0.307 e. The second-order valence-electron chi connectivity index (χ2n) is 5.98. The van der Waals surface area contributed by atoms with Gasteiger partial charge in [-0.1, -0.05) is 12.1 Å². The van der Waals surface area contributed by atoms with Crippen molar-refractivity contribution in [3.8, 4) is 0 Å². The highest BCUT2D eigenvalue weighted by molar-refractivity contribution is 6.04. The lowest BCUT2D eigenvalue weighted by Gasteiger charge is -2.14. The molecule has 0 aliphatic carbocycles. The zero-order valence-electron chi connectivity index (χ0n) is 13.9. The van der Waals surface area contributed by atoms with Gasteiger partial charge in [0.05, 0.1) is 12.1 Å². The summed E-state index contributed by atoms with van der Waals surface area (Å²) in [5.41, 5.74) is 3.81. The third-order valence-electron chi connectivity index (χ3n) is 3.94. The monoisotopic (exact) mass is 337 g/mol. The Bertz CT molecular complexity index is 828. The zero-order chi connectivity index (χ0) is 17.8. The molecule has 1 aliphatic heterocycles. The van der Waals surface area contributed by atoms with E-state index in [0.717, 1.165) is 24.4 Å². The van der Waals surface area contributed by atoms with Gasteiger partial charge in [0.2, 0.25) is 0 Å². The zero-order valence-corrected chi connectivity index (χ0v) is 13.9. The number of carboxylic acid groups (broad SMARTS) is 1. The highest BCUT2D eigenvalue weighted by atomic mass is 16.4. The first-order chi connectivity index (χ1) is 12.0. The molecule has 6 nitrogen and oxygen atoms in total. The van der Waals surface area contributed by atoms with Crippen LogP contribution < -0.4 is 10.3 Å². The summed E-state index contributed by atoms with van der Waals surface area (Å²) in [6.07, 6.45) is 0.878. The quantitative estimate of drug-likeness (QED) is 0.878. The van der Waals surface area contributed by atoms with Crippen LogP contribution in [-0.2, 0) is 11.2 Å². The van der Waals surface area contributed by atoms with Gasteiger partial charge in [-0.3, -0.25) is 14.6 Å². The topological polar surface area (TPSA) is 82.0 Å². The Kier molecular flexibility index (Phi) is 4.79. The van der Waals surface area contributed by atoms with E-state index in [2.05, 4.69) is 10.4 Å². The summed E-state index contributed by atoms with van der Waals surface area (Å²) < 4.78 is 0. The minimum absolute atomic E-state index is 0.0752. The van der Waals surface area contributed by atoms with Gasteiger partial charge in [0.15, 0.2) is 0 Å². The Morgan fingerprint density at radius 2 is 1.96 bits per heavy atom. The molecule has 0 spiro atoms. The molecule has 1 aliphatic rings. The molecular formula is C19H19N3O3. The average molecular weight is 337 g/mol. The summed E-state index contributed by atoms with van der Waals surface area (Å²) in [7, 11) is 0. The summed E-state index contributed by atoms with van der Waals surface area (Å²) in [5, 5.41) is 18.0. The fourth-order valence-corrected chi connectivity index (χ4v) is 2.68. The van der Waals surface area contributed by atoms with Crippen molar-refractivity contribution < 1.29 is 14.7 Å². The van der Waals surface area contributed by atoms with Crippen LogP contribution in [0.25, 0.3) is 0 Å². The SMILES string of the molecule is CC1=NN(c2ccc(C(=O)Nc3cccc(CC(=O)O)c3)cc2)CC1. The van der Waals surface area contributed by atoms with Crippen LogP contribution in [0.2, 0.25) is 0 Å². The van der Waals surface area contributed by atoms with Crippen molar-refractivity contribution in [1.29, 1.82) is 0 Å². The molecule has 1 heterocycles. The number of nitrogens with one attached hydrogen (secondary N) is 1. The number of anilines is 2. The molecule has 0 saturated carbocycles. The number of rotatable bonds is 5. The fourth-order valence-electron chi connectivity index (χ4n) is 2.68. The number of benzene rings is 2. The molecule has 0 aromatic heterocycles. The molecular weight excluding hydrogens is 318 g/mol. The van der Waals surface area contributed by atoms with Crippen LogP contribution >= 0.6 is 0 Å². The van der Waals surface area contributed by atoms with Gasteiger partial charge in [-0.15, -0.1) is 0 Å². The van der Waals surface area contributed by atoms with Crippen LogP contribution in [0, 0.1) is 0 Å². The number of nitrogens with zero attached hydrogens (tertiary/aromatic N) is 2. The number of amides is 1. The Labute approximate surface area is 145 Å².